The van der Waals surface area contributed by atoms with E-state index in [9.17, 15) is 4.79 Å². The molecule has 31 heavy (non-hydrogen) atoms. The number of methoxy groups -OCH3 is 1. The van der Waals surface area contributed by atoms with Gasteiger partial charge in [0.1, 0.15) is 17.7 Å². The number of rotatable bonds is 5. The molecule has 1 fully saturated rings. The van der Waals surface area contributed by atoms with Crippen molar-refractivity contribution in [2.75, 3.05) is 32.5 Å². The van der Waals surface area contributed by atoms with Gasteiger partial charge in [-0.05, 0) is 60.9 Å². The highest BCUT2D eigenvalue weighted by Crippen LogP contribution is 2.25. The van der Waals surface area contributed by atoms with Gasteiger partial charge in [-0.25, -0.2) is 4.98 Å². The molecule has 4 rings (SSSR count). The van der Waals surface area contributed by atoms with Crippen LogP contribution in [0.4, 0.5) is 5.82 Å². The lowest BCUT2D eigenvalue weighted by Gasteiger charge is -2.33. The number of carbonyl (C=O) groups is 1. The molecule has 0 saturated carbocycles. The quantitative estimate of drug-likeness (QED) is 0.684. The maximum atomic E-state index is 12.9. The van der Waals surface area contributed by atoms with Crippen LogP contribution >= 0.6 is 0 Å². The van der Waals surface area contributed by atoms with E-state index in [2.05, 4.69) is 23.2 Å². The first-order valence-electron chi connectivity index (χ1n) is 10.2. The second kappa shape index (κ2) is 9.14. The molecule has 0 aliphatic carbocycles. The van der Waals surface area contributed by atoms with Gasteiger partial charge in [-0.3, -0.25) is 9.78 Å². The number of amides is 1. The lowest BCUT2D eigenvalue weighted by molar-refractivity contribution is -0.0248. The highest BCUT2D eigenvalue weighted by atomic mass is 16.5. The molecule has 1 aliphatic heterocycles. The van der Waals surface area contributed by atoms with Crippen molar-refractivity contribution in [2.24, 2.45) is 0 Å². The van der Waals surface area contributed by atoms with E-state index in [0.717, 1.165) is 34.7 Å². The number of morpholine rings is 1. The van der Waals surface area contributed by atoms with Gasteiger partial charge < -0.3 is 20.1 Å². The van der Waals surface area contributed by atoms with E-state index in [1.165, 1.54) is 6.20 Å². The smallest absolute Gasteiger partial charge is 0.255 e. The number of nitrogens with zero attached hydrogens (tertiary/aromatic N) is 3. The molecule has 0 bridgehead atoms. The van der Waals surface area contributed by atoms with Crippen molar-refractivity contribution >= 4 is 11.7 Å². The molecule has 1 amide bonds. The molecule has 7 heteroatoms. The third-order valence-corrected chi connectivity index (χ3v) is 5.29. The van der Waals surface area contributed by atoms with Crippen LogP contribution in [0, 0.1) is 6.92 Å². The Morgan fingerprint density at radius 3 is 2.87 bits per heavy atom. The number of anilines is 1. The Bertz CT molecular complexity index is 1070. The fourth-order valence-corrected chi connectivity index (χ4v) is 3.78. The molecule has 1 atom stereocenters. The van der Waals surface area contributed by atoms with E-state index in [4.69, 9.17) is 20.2 Å². The Morgan fingerprint density at radius 1 is 1.23 bits per heavy atom. The molecule has 1 aliphatic rings. The maximum Gasteiger partial charge on any atom is 0.255 e. The van der Waals surface area contributed by atoms with E-state index < -0.39 is 0 Å². The zero-order chi connectivity index (χ0) is 21.8. The van der Waals surface area contributed by atoms with Crippen LogP contribution in [-0.4, -0.2) is 47.6 Å². The number of aryl methyl sites for hydroxylation is 1. The maximum absolute atomic E-state index is 12.9. The van der Waals surface area contributed by atoms with Gasteiger partial charge >= 0.3 is 0 Å². The van der Waals surface area contributed by atoms with Crippen molar-refractivity contribution in [3.8, 4) is 5.75 Å². The summed E-state index contributed by atoms with van der Waals surface area (Å²) in [6.45, 7) is 3.41. The van der Waals surface area contributed by atoms with Crippen LogP contribution in [0.1, 0.15) is 39.0 Å². The Morgan fingerprint density at radius 2 is 2.10 bits per heavy atom. The van der Waals surface area contributed by atoms with Gasteiger partial charge in [0.05, 0.1) is 31.5 Å². The van der Waals surface area contributed by atoms with Crippen molar-refractivity contribution in [3.05, 3.63) is 82.8 Å². The van der Waals surface area contributed by atoms with Crippen LogP contribution in [0.25, 0.3) is 0 Å². The SMILES string of the molecule is COc1cccc(Cc2cc(C)nc([C@H]3CN(C(=O)c4ccc(N)nc4)CCO3)c2)c1. The monoisotopic (exact) mass is 418 g/mol. The number of ether oxygens (including phenoxy) is 2. The Hall–Kier alpha value is -3.45. The number of nitrogen functional groups attached to an aromatic ring is 1. The van der Waals surface area contributed by atoms with Crippen LogP contribution < -0.4 is 10.5 Å². The fourth-order valence-electron chi connectivity index (χ4n) is 3.78. The molecule has 160 valence electrons. The topological polar surface area (TPSA) is 90.6 Å². The third kappa shape index (κ3) is 5.00. The molecular formula is C24H26N4O3. The van der Waals surface area contributed by atoms with E-state index in [1.807, 2.05) is 25.1 Å². The average Bonchev–Trinajstić information content (AvgIpc) is 2.79. The number of hydrogen-bond donors (Lipinski definition) is 1. The molecular weight excluding hydrogens is 392 g/mol. The van der Waals surface area contributed by atoms with Crippen molar-refractivity contribution in [3.63, 3.8) is 0 Å². The zero-order valence-electron chi connectivity index (χ0n) is 17.7. The lowest BCUT2D eigenvalue weighted by Crippen LogP contribution is -2.42. The van der Waals surface area contributed by atoms with Gasteiger partial charge in [0, 0.05) is 18.4 Å². The van der Waals surface area contributed by atoms with Gasteiger partial charge in [0.25, 0.3) is 5.91 Å². The highest BCUT2D eigenvalue weighted by Gasteiger charge is 2.27. The summed E-state index contributed by atoms with van der Waals surface area (Å²) in [6.07, 6.45) is 2.00. The van der Waals surface area contributed by atoms with E-state index in [-0.39, 0.29) is 12.0 Å². The summed E-state index contributed by atoms with van der Waals surface area (Å²) < 4.78 is 11.3. The van der Waals surface area contributed by atoms with Crippen molar-refractivity contribution in [1.82, 2.24) is 14.9 Å². The number of aromatic nitrogens is 2. The number of benzene rings is 1. The van der Waals surface area contributed by atoms with Crippen molar-refractivity contribution in [2.45, 2.75) is 19.4 Å². The first-order valence-corrected chi connectivity index (χ1v) is 10.2. The van der Waals surface area contributed by atoms with Crippen molar-refractivity contribution in [1.29, 1.82) is 0 Å². The minimum atomic E-state index is -0.275. The zero-order valence-corrected chi connectivity index (χ0v) is 17.7. The van der Waals surface area contributed by atoms with Crippen LogP contribution in [-0.2, 0) is 11.2 Å². The Kier molecular flexibility index (Phi) is 6.13. The molecule has 1 saturated heterocycles. The van der Waals surface area contributed by atoms with Gasteiger partial charge in [0.2, 0.25) is 0 Å². The second-order valence-corrected chi connectivity index (χ2v) is 7.65. The lowest BCUT2D eigenvalue weighted by atomic mass is 10.0. The van der Waals surface area contributed by atoms with E-state index in [1.54, 1.807) is 24.1 Å². The molecule has 0 unspecified atom stereocenters. The Labute approximate surface area is 181 Å². The average molecular weight is 418 g/mol. The number of hydrogen-bond acceptors (Lipinski definition) is 6. The van der Waals surface area contributed by atoms with Crippen LogP contribution in [0.3, 0.4) is 0 Å². The molecule has 2 N–H and O–H groups in total. The molecule has 3 heterocycles. The predicted molar refractivity (Wildman–Crippen MR) is 118 cm³/mol. The summed E-state index contributed by atoms with van der Waals surface area (Å²) in [7, 11) is 1.67. The fraction of sp³-hybridized carbons (Fsp3) is 0.292. The number of pyridine rings is 2. The predicted octanol–water partition coefficient (Wildman–Crippen LogP) is 3.18. The van der Waals surface area contributed by atoms with Crippen LogP contribution in [0.2, 0.25) is 0 Å². The standard InChI is InChI=1S/C24H26N4O3/c1-16-10-18(11-17-4-3-5-20(12-17)30-2)13-21(27-16)22-15-28(8-9-31-22)24(29)19-6-7-23(25)26-14-19/h3-7,10,12-14,22H,8-9,11,15H2,1-2H3,(H2,25,26)/t22-/m1/s1. The van der Waals surface area contributed by atoms with Gasteiger partial charge in [-0.1, -0.05) is 12.1 Å². The first kappa shape index (κ1) is 20.8. The molecule has 1 aromatic carbocycles. The minimum Gasteiger partial charge on any atom is -0.497 e. The molecule has 0 spiro atoms. The summed E-state index contributed by atoms with van der Waals surface area (Å²) in [5, 5.41) is 0. The summed E-state index contributed by atoms with van der Waals surface area (Å²) >= 11 is 0. The van der Waals surface area contributed by atoms with Gasteiger partial charge in [0.15, 0.2) is 0 Å². The summed E-state index contributed by atoms with van der Waals surface area (Å²) in [5.74, 6) is 1.15. The van der Waals surface area contributed by atoms with Gasteiger partial charge in [-0.15, -0.1) is 0 Å². The summed E-state index contributed by atoms with van der Waals surface area (Å²) in [4.78, 5) is 23.4. The van der Waals surface area contributed by atoms with Crippen LogP contribution in [0.15, 0.2) is 54.7 Å². The number of carbonyl (C=O) groups excluding carboxylic acids is 1. The van der Waals surface area contributed by atoms with Gasteiger partial charge in [-0.2, -0.15) is 0 Å². The molecule has 0 radical (unpaired) electrons. The third-order valence-electron chi connectivity index (χ3n) is 5.29. The summed E-state index contributed by atoms with van der Waals surface area (Å²) in [6, 6.07) is 15.5. The number of nitrogens with two attached hydrogens (primary N) is 1. The van der Waals surface area contributed by atoms with Crippen molar-refractivity contribution < 1.29 is 14.3 Å². The molecule has 7 nitrogen and oxygen atoms in total. The minimum absolute atomic E-state index is 0.0787. The first-order chi connectivity index (χ1) is 15.0. The largest absolute Gasteiger partial charge is 0.497 e. The van der Waals surface area contributed by atoms with E-state index in [0.29, 0.717) is 31.1 Å². The molecule has 2 aromatic heterocycles. The molecule has 3 aromatic rings. The highest BCUT2D eigenvalue weighted by molar-refractivity contribution is 5.94. The second-order valence-electron chi connectivity index (χ2n) is 7.65. The van der Waals surface area contributed by atoms with E-state index >= 15 is 0 Å². The summed E-state index contributed by atoms with van der Waals surface area (Å²) in [5.41, 5.74) is 10.2. The normalized spacial score (nSPS) is 16.2. The Balaban J connectivity index is 1.51. The van der Waals surface area contributed by atoms with Crippen LogP contribution in [0.5, 0.6) is 5.75 Å².